The second-order valence-electron chi connectivity index (χ2n) is 5.18. The van der Waals surface area contributed by atoms with Gasteiger partial charge in [0.1, 0.15) is 5.82 Å². The number of primary amides is 1. The average Bonchev–Trinajstić information content (AvgIpc) is 2.87. The third-order valence-corrected chi connectivity index (χ3v) is 5.42. The molecule has 0 saturated heterocycles. The number of benzene rings is 1. The van der Waals surface area contributed by atoms with E-state index in [-0.39, 0.29) is 16.6 Å². The number of nitrogen functional groups attached to an aromatic ring is 1. The number of nitrogens with zero attached hydrogens (tertiary/aromatic N) is 1. The molecule has 1 saturated carbocycles. The fraction of sp³-hybridized carbons (Fsp3) is 0.462. The molecule has 1 aromatic carbocycles. The Morgan fingerprint density at radius 1 is 1.29 bits per heavy atom. The van der Waals surface area contributed by atoms with Crippen molar-refractivity contribution in [2.75, 3.05) is 12.3 Å². The Morgan fingerprint density at radius 3 is 2.43 bits per heavy atom. The van der Waals surface area contributed by atoms with Gasteiger partial charge in [-0.1, -0.05) is 12.8 Å². The minimum absolute atomic E-state index is 0.0130. The zero-order valence-corrected chi connectivity index (χ0v) is 12.3. The van der Waals surface area contributed by atoms with Gasteiger partial charge in [-0.05, 0) is 31.0 Å². The number of amides is 1. The molecule has 21 heavy (non-hydrogen) atoms. The number of sulfonamides is 1. The zero-order chi connectivity index (χ0) is 15.6. The summed E-state index contributed by atoms with van der Waals surface area (Å²) >= 11 is 0. The van der Waals surface area contributed by atoms with Crippen molar-refractivity contribution < 1.29 is 17.6 Å². The highest BCUT2D eigenvalue weighted by molar-refractivity contribution is 7.89. The Balaban J connectivity index is 2.42. The van der Waals surface area contributed by atoms with Gasteiger partial charge in [-0.25, -0.2) is 12.8 Å². The summed E-state index contributed by atoms with van der Waals surface area (Å²) in [6, 6.07) is 2.83. The Bertz CT molecular complexity index is 622. The molecule has 116 valence electrons. The number of hydrogen-bond donors (Lipinski definition) is 2. The first-order valence-corrected chi connectivity index (χ1v) is 8.11. The molecule has 0 spiro atoms. The lowest BCUT2D eigenvalue weighted by molar-refractivity contribution is -0.118. The number of anilines is 1. The predicted octanol–water partition coefficient (Wildman–Crippen LogP) is 0.826. The highest BCUT2D eigenvalue weighted by Gasteiger charge is 2.34. The molecule has 0 aromatic heterocycles. The van der Waals surface area contributed by atoms with Crippen molar-refractivity contribution in [3.05, 3.63) is 24.0 Å². The highest BCUT2D eigenvalue weighted by atomic mass is 32.2. The second-order valence-corrected chi connectivity index (χ2v) is 7.07. The van der Waals surface area contributed by atoms with Gasteiger partial charge in [-0.15, -0.1) is 0 Å². The quantitative estimate of drug-likeness (QED) is 0.785. The van der Waals surface area contributed by atoms with E-state index in [0.717, 1.165) is 29.3 Å². The van der Waals surface area contributed by atoms with Gasteiger partial charge >= 0.3 is 0 Å². The maximum Gasteiger partial charge on any atom is 0.243 e. The first-order valence-electron chi connectivity index (χ1n) is 6.67. The van der Waals surface area contributed by atoms with Crippen LogP contribution in [0.3, 0.4) is 0 Å². The molecule has 6 nitrogen and oxygen atoms in total. The van der Waals surface area contributed by atoms with Gasteiger partial charge in [0.25, 0.3) is 0 Å². The van der Waals surface area contributed by atoms with Gasteiger partial charge in [-0.3, -0.25) is 4.79 Å². The largest absolute Gasteiger partial charge is 0.399 e. The van der Waals surface area contributed by atoms with Gasteiger partial charge in [0.2, 0.25) is 15.9 Å². The van der Waals surface area contributed by atoms with Crippen molar-refractivity contribution in [2.45, 2.75) is 36.6 Å². The first-order chi connectivity index (χ1) is 9.80. The van der Waals surface area contributed by atoms with E-state index >= 15 is 0 Å². The summed E-state index contributed by atoms with van der Waals surface area (Å²) in [4.78, 5) is 10.9. The van der Waals surface area contributed by atoms with Crippen LogP contribution in [-0.2, 0) is 14.8 Å². The summed E-state index contributed by atoms with van der Waals surface area (Å²) in [5, 5.41) is 0. The monoisotopic (exact) mass is 315 g/mol. The molecule has 1 aromatic rings. The standard InChI is InChI=1S/C13H18FN3O3S/c14-9-5-10(15)7-12(6-9)21(19,20)17(8-13(16)18)11-3-1-2-4-11/h5-7,11H,1-4,8,15H2,(H2,16,18). The SMILES string of the molecule is NC(=O)CN(C1CCCC1)S(=O)(=O)c1cc(N)cc(F)c1. The van der Waals surface area contributed by atoms with Crippen LogP contribution in [0.5, 0.6) is 0 Å². The van der Waals surface area contributed by atoms with E-state index in [1.54, 1.807) is 0 Å². The summed E-state index contributed by atoms with van der Waals surface area (Å²) in [6.07, 6.45) is 3.11. The predicted molar refractivity (Wildman–Crippen MR) is 76.2 cm³/mol. The van der Waals surface area contributed by atoms with E-state index in [1.807, 2.05) is 0 Å². The van der Waals surface area contributed by atoms with Crippen LogP contribution < -0.4 is 11.5 Å². The molecule has 4 N–H and O–H groups in total. The molecule has 8 heteroatoms. The van der Waals surface area contributed by atoms with E-state index in [9.17, 15) is 17.6 Å². The van der Waals surface area contributed by atoms with Crippen molar-refractivity contribution in [3.63, 3.8) is 0 Å². The number of carbonyl (C=O) groups is 1. The lowest BCUT2D eigenvalue weighted by Gasteiger charge is -2.27. The Hall–Kier alpha value is -1.67. The van der Waals surface area contributed by atoms with Crippen molar-refractivity contribution in [1.29, 1.82) is 0 Å². The number of nitrogens with two attached hydrogens (primary N) is 2. The Labute approximate surface area is 123 Å². The van der Waals surface area contributed by atoms with Crippen molar-refractivity contribution in [1.82, 2.24) is 4.31 Å². The van der Waals surface area contributed by atoms with E-state index in [2.05, 4.69) is 0 Å². The van der Waals surface area contributed by atoms with E-state index in [1.165, 1.54) is 6.07 Å². The molecular weight excluding hydrogens is 297 g/mol. The van der Waals surface area contributed by atoms with Gasteiger partial charge < -0.3 is 11.5 Å². The van der Waals surface area contributed by atoms with Crippen LogP contribution in [-0.4, -0.2) is 31.2 Å². The van der Waals surface area contributed by atoms with Gasteiger partial charge in [0, 0.05) is 11.7 Å². The molecule has 0 radical (unpaired) electrons. The molecule has 1 amide bonds. The Kier molecular flexibility index (Phi) is 4.48. The fourth-order valence-corrected chi connectivity index (χ4v) is 4.34. The van der Waals surface area contributed by atoms with E-state index < -0.39 is 28.3 Å². The summed E-state index contributed by atoms with van der Waals surface area (Å²) in [5.41, 5.74) is 10.7. The molecule has 0 atom stereocenters. The number of carbonyl (C=O) groups excluding carboxylic acids is 1. The summed E-state index contributed by atoms with van der Waals surface area (Å²) in [7, 11) is -4.01. The Morgan fingerprint density at radius 2 is 1.90 bits per heavy atom. The molecule has 2 rings (SSSR count). The fourth-order valence-electron chi connectivity index (χ4n) is 2.62. The smallest absolute Gasteiger partial charge is 0.243 e. The van der Waals surface area contributed by atoms with Crippen LogP contribution >= 0.6 is 0 Å². The highest BCUT2D eigenvalue weighted by Crippen LogP contribution is 2.29. The van der Waals surface area contributed by atoms with E-state index in [4.69, 9.17) is 11.5 Å². The number of rotatable bonds is 5. The third-order valence-electron chi connectivity index (χ3n) is 3.54. The molecule has 0 bridgehead atoms. The second kappa shape index (κ2) is 5.98. The van der Waals surface area contributed by atoms with Crippen LogP contribution in [0, 0.1) is 5.82 Å². The lowest BCUT2D eigenvalue weighted by atomic mass is 10.2. The molecular formula is C13H18FN3O3S. The molecule has 1 aliphatic carbocycles. The maximum absolute atomic E-state index is 13.4. The summed E-state index contributed by atoms with van der Waals surface area (Å²) in [6.45, 7) is -0.413. The van der Waals surface area contributed by atoms with Crippen molar-refractivity contribution >= 4 is 21.6 Å². The molecule has 0 heterocycles. The molecule has 1 fully saturated rings. The van der Waals surface area contributed by atoms with Gasteiger partial charge in [0.15, 0.2) is 0 Å². The average molecular weight is 315 g/mol. The molecule has 1 aliphatic rings. The topological polar surface area (TPSA) is 106 Å². The van der Waals surface area contributed by atoms with Gasteiger partial charge in [-0.2, -0.15) is 4.31 Å². The molecule has 0 aliphatic heterocycles. The van der Waals surface area contributed by atoms with Gasteiger partial charge in [0.05, 0.1) is 11.4 Å². The van der Waals surface area contributed by atoms with Crippen LogP contribution in [0.2, 0.25) is 0 Å². The minimum atomic E-state index is -4.01. The van der Waals surface area contributed by atoms with Crippen LogP contribution in [0.25, 0.3) is 0 Å². The lowest BCUT2D eigenvalue weighted by Crippen LogP contribution is -2.44. The minimum Gasteiger partial charge on any atom is -0.399 e. The van der Waals surface area contributed by atoms with Crippen LogP contribution in [0.15, 0.2) is 23.1 Å². The normalized spacial score (nSPS) is 16.5. The van der Waals surface area contributed by atoms with E-state index in [0.29, 0.717) is 12.8 Å². The third kappa shape index (κ3) is 3.51. The number of halogens is 1. The zero-order valence-electron chi connectivity index (χ0n) is 11.5. The maximum atomic E-state index is 13.4. The van der Waals surface area contributed by atoms with Crippen LogP contribution in [0.1, 0.15) is 25.7 Å². The molecule has 0 unspecified atom stereocenters. The van der Waals surface area contributed by atoms with Crippen molar-refractivity contribution in [2.24, 2.45) is 5.73 Å². The summed E-state index contributed by atoms with van der Waals surface area (Å²) in [5.74, 6) is -1.48. The summed E-state index contributed by atoms with van der Waals surface area (Å²) < 4.78 is 39.8. The first kappa shape index (κ1) is 15.7. The van der Waals surface area contributed by atoms with Crippen LogP contribution in [0.4, 0.5) is 10.1 Å². The van der Waals surface area contributed by atoms with Crippen molar-refractivity contribution in [3.8, 4) is 0 Å². The number of hydrogen-bond acceptors (Lipinski definition) is 4.